The van der Waals surface area contributed by atoms with Crippen molar-refractivity contribution in [1.29, 1.82) is 0 Å². The predicted molar refractivity (Wildman–Crippen MR) is 102 cm³/mol. The molecule has 2 fully saturated rings. The molecule has 4 atom stereocenters. The number of hydrogen-bond acceptors (Lipinski definition) is 2. The van der Waals surface area contributed by atoms with Gasteiger partial charge in [-0.15, -0.1) is 0 Å². The Morgan fingerprint density at radius 2 is 1.96 bits per heavy atom. The third-order valence-corrected chi connectivity index (χ3v) is 6.36. The van der Waals surface area contributed by atoms with Crippen LogP contribution in [-0.4, -0.2) is 24.3 Å². The summed E-state index contributed by atoms with van der Waals surface area (Å²) in [6.07, 6.45) is 4.70. The Kier molecular flexibility index (Phi) is 4.48. The van der Waals surface area contributed by atoms with E-state index in [1.807, 2.05) is 0 Å². The Balaban J connectivity index is 1.68. The highest BCUT2D eigenvalue weighted by atomic mass is 79.9. The van der Waals surface area contributed by atoms with Crippen molar-refractivity contribution in [1.82, 2.24) is 4.90 Å². The van der Waals surface area contributed by atoms with Crippen molar-refractivity contribution < 1.29 is 4.79 Å². The number of fused-ring (bicyclic) bond motifs is 1. The van der Waals surface area contributed by atoms with Crippen molar-refractivity contribution in [2.45, 2.75) is 32.2 Å². The summed E-state index contributed by atoms with van der Waals surface area (Å²) in [5.41, 5.74) is 1.30. The predicted octanol–water partition coefficient (Wildman–Crippen LogP) is 5.21. The van der Waals surface area contributed by atoms with Gasteiger partial charge in [0.2, 0.25) is 0 Å². The van der Waals surface area contributed by atoms with E-state index in [1.165, 1.54) is 29.0 Å². The van der Waals surface area contributed by atoms with Crippen LogP contribution in [0.5, 0.6) is 0 Å². The van der Waals surface area contributed by atoms with Crippen molar-refractivity contribution in [3.05, 3.63) is 46.4 Å². The fourth-order valence-electron chi connectivity index (χ4n) is 4.28. The second-order valence-electron chi connectivity index (χ2n) is 7.61. The van der Waals surface area contributed by atoms with Crippen LogP contribution in [0.4, 0.5) is 0 Å². The zero-order valence-corrected chi connectivity index (χ0v) is 15.7. The number of carbonyl (C=O) groups is 1. The van der Waals surface area contributed by atoms with Crippen LogP contribution in [0.25, 0.3) is 10.8 Å². The van der Waals surface area contributed by atoms with Crippen LogP contribution >= 0.6 is 15.9 Å². The molecule has 0 N–H and O–H groups in total. The largest absolute Gasteiger partial charge is 0.303 e. The molecular weight excluding hydrogens is 362 g/mol. The molecule has 0 aromatic heterocycles. The summed E-state index contributed by atoms with van der Waals surface area (Å²) in [6, 6.07) is 13.4. The molecule has 2 aromatic rings. The number of hydrogen-bond donors (Lipinski definition) is 0. The molecule has 0 amide bonds. The van der Waals surface area contributed by atoms with Gasteiger partial charge in [0.1, 0.15) is 6.29 Å². The van der Waals surface area contributed by atoms with Gasteiger partial charge in [-0.25, -0.2) is 0 Å². The highest BCUT2D eigenvalue weighted by molar-refractivity contribution is 9.10. The summed E-state index contributed by atoms with van der Waals surface area (Å²) >= 11 is 3.54. The van der Waals surface area contributed by atoms with E-state index in [0.717, 1.165) is 42.2 Å². The van der Waals surface area contributed by atoms with E-state index >= 15 is 0 Å². The molecule has 1 saturated heterocycles. The zero-order chi connectivity index (χ0) is 16.7. The van der Waals surface area contributed by atoms with E-state index in [-0.39, 0.29) is 12.0 Å². The van der Waals surface area contributed by atoms with Gasteiger partial charge in [-0.2, -0.15) is 0 Å². The smallest absolute Gasteiger partial charge is 0.124 e. The van der Waals surface area contributed by atoms with Gasteiger partial charge < -0.3 is 4.79 Å². The Morgan fingerprint density at radius 1 is 1.21 bits per heavy atom. The lowest BCUT2D eigenvalue weighted by Gasteiger charge is -2.40. The van der Waals surface area contributed by atoms with Crippen LogP contribution in [0.15, 0.2) is 40.9 Å². The van der Waals surface area contributed by atoms with Crippen LogP contribution in [0.2, 0.25) is 0 Å². The van der Waals surface area contributed by atoms with Gasteiger partial charge >= 0.3 is 0 Å². The molecule has 4 unspecified atom stereocenters. The van der Waals surface area contributed by atoms with E-state index in [1.54, 1.807) is 0 Å². The SMILES string of the molecule is CC1CC1CN1CCCC(C=O)C1c1ccc2cc(Br)ccc2c1. The molecule has 2 nitrogen and oxygen atoms in total. The fraction of sp³-hybridized carbons (Fsp3) is 0.476. The molecule has 1 heterocycles. The van der Waals surface area contributed by atoms with Gasteiger partial charge in [-0.3, -0.25) is 4.90 Å². The minimum Gasteiger partial charge on any atom is -0.303 e. The van der Waals surface area contributed by atoms with Crippen LogP contribution in [0.1, 0.15) is 37.8 Å². The number of rotatable bonds is 4. The molecule has 2 aromatic carbocycles. The summed E-state index contributed by atoms with van der Waals surface area (Å²) in [5, 5.41) is 2.50. The van der Waals surface area contributed by atoms with Crippen LogP contribution in [-0.2, 0) is 4.79 Å². The topological polar surface area (TPSA) is 20.3 Å². The molecule has 0 radical (unpaired) electrons. The summed E-state index contributed by atoms with van der Waals surface area (Å²) in [4.78, 5) is 14.3. The van der Waals surface area contributed by atoms with Crippen LogP contribution < -0.4 is 0 Å². The second-order valence-corrected chi connectivity index (χ2v) is 8.52. The first kappa shape index (κ1) is 16.3. The number of carbonyl (C=O) groups excluding carboxylic acids is 1. The van der Waals surface area contributed by atoms with Gasteiger partial charge in [0.25, 0.3) is 0 Å². The van der Waals surface area contributed by atoms with Gasteiger partial charge in [-0.1, -0.05) is 41.1 Å². The van der Waals surface area contributed by atoms with Crippen molar-refractivity contribution in [2.24, 2.45) is 17.8 Å². The number of piperidine rings is 1. The van der Waals surface area contributed by atoms with E-state index in [0.29, 0.717) is 0 Å². The van der Waals surface area contributed by atoms with Gasteiger partial charge in [0, 0.05) is 23.0 Å². The molecular formula is C21H24BrNO. The Bertz CT molecular complexity index is 759. The maximum absolute atomic E-state index is 11.7. The minimum absolute atomic E-state index is 0.126. The van der Waals surface area contributed by atoms with Crippen LogP contribution in [0.3, 0.4) is 0 Å². The first-order valence-corrected chi connectivity index (χ1v) is 9.83. The number of benzene rings is 2. The molecule has 0 spiro atoms. The monoisotopic (exact) mass is 385 g/mol. The first-order valence-electron chi connectivity index (χ1n) is 9.04. The maximum Gasteiger partial charge on any atom is 0.124 e. The maximum atomic E-state index is 11.7. The molecule has 1 aliphatic heterocycles. The van der Waals surface area contributed by atoms with E-state index < -0.39 is 0 Å². The van der Waals surface area contributed by atoms with Gasteiger partial charge in [-0.05, 0) is 72.2 Å². The van der Waals surface area contributed by atoms with E-state index in [4.69, 9.17) is 0 Å². The molecule has 2 aliphatic rings. The molecule has 1 aliphatic carbocycles. The lowest BCUT2D eigenvalue weighted by molar-refractivity contribution is -0.114. The molecule has 126 valence electrons. The zero-order valence-electron chi connectivity index (χ0n) is 14.1. The summed E-state index contributed by atoms with van der Waals surface area (Å²) in [7, 11) is 0. The average Bonchev–Trinajstić information content (AvgIpc) is 3.29. The van der Waals surface area contributed by atoms with E-state index in [2.05, 4.69) is 64.2 Å². The van der Waals surface area contributed by atoms with Crippen LogP contribution in [0, 0.1) is 17.8 Å². The number of halogens is 1. The number of nitrogens with zero attached hydrogens (tertiary/aromatic N) is 1. The Labute approximate surface area is 152 Å². The number of likely N-dealkylation sites (tertiary alicyclic amines) is 1. The van der Waals surface area contributed by atoms with Crippen molar-refractivity contribution >= 4 is 33.0 Å². The Morgan fingerprint density at radius 3 is 2.71 bits per heavy atom. The summed E-state index contributed by atoms with van der Waals surface area (Å²) in [5.74, 6) is 1.81. The normalized spacial score (nSPS) is 30.4. The highest BCUT2D eigenvalue weighted by Gasteiger charge is 2.39. The van der Waals surface area contributed by atoms with Gasteiger partial charge in [0.15, 0.2) is 0 Å². The number of aldehydes is 1. The Hall–Kier alpha value is -1.19. The fourth-order valence-corrected chi connectivity index (χ4v) is 4.66. The second kappa shape index (κ2) is 6.61. The molecule has 24 heavy (non-hydrogen) atoms. The molecule has 4 rings (SSSR count). The lowest BCUT2D eigenvalue weighted by atomic mass is 9.84. The highest BCUT2D eigenvalue weighted by Crippen LogP contribution is 2.43. The lowest BCUT2D eigenvalue weighted by Crippen LogP contribution is -2.40. The standard InChI is InChI=1S/C21H24BrNO/c1-14-9-19(14)12-23-8-2-3-18(13-24)21(23)17-5-4-16-11-20(22)7-6-15(16)10-17/h4-7,10-11,13-14,18-19,21H,2-3,8-9,12H2,1H3. The minimum atomic E-state index is 0.126. The quantitative estimate of drug-likeness (QED) is 0.673. The van der Waals surface area contributed by atoms with E-state index in [9.17, 15) is 4.79 Å². The van der Waals surface area contributed by atoms with Crippen molar-refractivity contribution in [3.63, 3.8) is 0 Å². The molecule has 3 heteroatoms. The molecule has 1 saturated carbocycles. The molecule has 0 bridgehead atoms. The summed E-state index contributed by atoms with van der Waals surface area (Å²) < 4.78 is 1.11. The van der Waals surface area contributed by atoms with Gasteiger partial charge in [0.05, 0.1) is 0 Å². The third kappa shape index (κ3) is 3.16. The first-order chi connectivity index (χ1) is 11.7. The van der Waals surface area contributed by atoms with Crippen molar-refractivity contribution in [2.75, 3.05) is 13.1 Å². The third-order valence-electron chi connectivity index (χ3n) is 5.87. The summed E-state index contributed by atoms with van der Waals surface area (Å²) in [6.45, 7) is 4.61. The van der Waals surface area contributed by atoms with Crippen molar-refractivity contribution in [3.8, 4) is 0 Å². The average molecular weight is 386 g/mol.